The van der Waals surface area contributed by atoms with Gasteiger partial charge in [-0.05, 0) is 55.2 Å². The molecule has 1 aromatic heterocycles. The smallest absolute Gasteiger partial charge is 0.318 e. The number of carbonyl (C=O) groups excluding carboxylic acids is 1. The number of nitrogens with one attached hydrogen (secondary N) is 1. The van der Waals surface area contributed by atoms with E-state index in [4.69, 9.17) is 11.6 Å². The Morgan fingerprint density at radius 1 is 1.26 bits per heavy atom. The maximum Gasteiger partial charge on any atom is 0.318 e. The number of pyridine rings is 1. The highest BCUT2D eigenvalue weighted by atomic mass is 35.5. The van der Waals surface area contributed by atoms with Crippen LogP contribution in [-0.2, 0) is 6.54 Å². The van der Waals surface area contributed by atoms with E-state index in [1.165, 1.54) is 0 Å². The van der Waals surface area contributed by atoms with Crippen molar-refractivity contribution in [2.75, 3.05) is 0 Å². The maximum absolute atomic E-state index is 12.7. The molecule has 1 aromatic carbocycles. The van der Waals surface area contributed by atoms with Gasteiger partial charge in [-0.3, -0.25) is 4.98 Å². The summed E-state index contributed by atoms with van der Waals surface area (Å²) >= 11 is 5.95. The molecule has 1 fully saturated rings. The summed E-state index contributed by atoms with van der Waals surface area (Å²) in [6.07, 6.45) is 5.61. The van der Waals surface area contributed by atoms with Crippen LogP contribution < -0.4 is 5.32 Å². The van der Waals surface area contributed by atoms with Gasteiger partial charge in [-0.2, -0.15) is 0 Å². The number of hydrogen-bond acceptors (Lipinski definition) is 2. The van der Waals surface area contributed by atoms with E-state index in [0.29, 0.717) is 17.6 Å². The summed E-state index contributed by atoms with van der Waals surface area (Å²) in [6, 6.07) is 11.9. The van der Waals surface area contributed by atoms with Crippen molar-refractivity contribution in [2.45, 2.75) is 38.4 Å². The first-order valence-electron chi connectivity index (χ1n) is 7.85. The van der Waals surface area contributed by atoms with E-state index in [1.807, 2.05) is 41.3 Å². The standard InChI is InChI=1S/C18H20ClN3O/c1-13(15-2-4-16(19)5-3-15)22(17-6-7-17)18(23)21-12-14-8-10-20-11-9-14/h2-5,8-11,13,17H,6-7,12H2,1H3,(H,21,23)/t13-/m0/s1. The van der Waals surface area contributed by atoms with Crippen molar-refractivity contribution < 1.29 is 4.79 Å². The van der Waals surface area contributed by atoms with Crippen LogP contribution >= 0.6 is 11.6 Å². The highest BCUT2D eigenvalue weighted by Gasteiger charge is 2.36. The van der Waals surface area contributed by atoms with Gasteiger partial charge in [0.2, 0.25) is 0 Å². The largest absolute Gasteiger partial charge is 0.334 e. The zero-order valence-corrected chi connectivity index (χ0v) is 13.8. The number of benzene rings is 1. The SMILES string of the molecule is C[C@@H](c1ccc(Cl)cc1)N(C(=O)NCc1ccncc1)C1CC1. The van der Waals surface area contributed by atoms with Gasteiger partial charge in [-0.25, -0.2) is 4.79 Å². The molecule has 5 heteroatoms. The van der Waals surface area contributed by atoms with Crippen LogP contribution in [0.3, 0.4) is 0 Å². The number of aromatic nitrogens is 1. The molecule has 0 aliphatic heterocycles. The minimum atomic E-state index is -0.0215. The topological polar surface area (TPSA) is 45.2 Å². The van der Waals surface area contributed by atoms with Gasteiger partial charge in [0.25, 0.3) is 0 Å². The molecule has 1 saturated carbocycles. The van der Waals surface area contributed by atoms with Crippen molar-refractivity contribution >= 4 is 17.6 Å². The van der Waals surface area contributed by atoms with Crippen molar-refractivity contribution in [3.63, 3.8) is 0 Å². The average Bonchev–Trinajstić information content (AvgIpc) is 3.39. The highest BCUT2D eigenvalue weighted by Crippen LogP contribution is 2.34. The van der Waals surface area contributed by atoms with Crippen LogP contribution in [0.25, 0.3) is 0 Å². The Bertz CT molecular complexity index is 656. The molecule has 2 amide bonds. The lowest BCUT2D eigenvalue weighted by Crippen LogP contribution is -2.42. The van der Waals surface area contributed by atoms with Crippen LogP contribution in [0.4, 0.5) is 4.79 Å². The second kappa shape index (κ2) is 7.01. The molecule has 3 rings (SSSR count). The number of carbonyl (C=O) groups is 1. The number of rotatable bonds is 5. The molecule has 1 aliphatic rings. The number of hydrogen-bond donors (Lipinski definition) is 1. The van der Waals surface area contributed by atoms with Crippen molar-refractivity contribution in [3.8, 4) is 0 Å². The molecule has 1 heterocycles. The zero-order chi connectivity index (χ0) is 16.2. The average molecular weight is 330 g/mol. The Labute approximate surface area is 141 Å². The molecule has 1 aliphatic carbocycles. The minimum absolute atomic E-state index is 0.0215. The lowest BCUT2D eigenvalue weighted by molar-refractivity contribution is 0.174. The molecule has 120 valence electrons. The fraction of sp³-hybridized carbons (Fsp3) is 0.333. The van der Waals surface area contributed by atoms with Gasteiger partial charge in [0.1, 0.15) is 0 Å². The van der Waals surface area contributed by atoms with Gasteiger partial charge in [0, 0.05) is 30.0 Å². The van der Waals surface area contributed by atoms with Crippen molar-refractivity contribution in [1.82, 2.24) is 15.2 Å². The monoisotopic (exact) mass is 329 g/mol. The quantitative estimate of drug-likeness (QED) is 0.894. The lowest BCUT2D eigenvalue weighted by atomic mass is 10.1. The van der Waals surface area contributed by atoms with Crippen LogP contribution in [0, 0.1) is 0 Å². The van der Waals surface area contributed by atoms with E-state index in [-0.39, 0.29) is 12.1 Å². The van der Waals surface area contributed by atoms with Crippen molar-refractivity contribution in [2.24, 2.45) is 0 Å². The Morgan fingerprint density at radius 2 is 1.91 bits per heavy atom. The number of amides is 2. The molecule has 1 atom stereocenters. The van der Waals surface area contributed by atoms with Gasteiger partial charge in [-0.1, -0.05) is 23.7 Å². The first-order valence-corrected chi connectivity index (χ1v) is 8.23. The molecular weight excluding hydrogens is 310 g/mol. The number of nitrogens with zero attached hydrogens (tertiary/aromatic N) is 2. The van der Waals surface area contributed by atoms with Gasteiger partial charge in [-0.15, -0.1) is 0 Å². The predicted octanol–water partition coefficient (Wildman–Crippen LogP) is 4.17. The van der Waals surface area contributed by atoms with Crippen LogP contribution in [0.2, 0.25) is 5.02 Å². The third-order valence-electron chi connectivity index (χ3n) is 4.14. The molecular formula is C18H20ClN3O. The molecule has 23 heavy (non-hydrogen) atoms. The molecule has 4 nitrogen and oxygen atoms in total. The summed E-state index contributed by atoms with van der Waals surface area (Å²) in [5.41, 5.74) is 2.14. The van der Waals surface area contributed by atoms with Crippen molar-refractivity contribution in [1.29, 1.82) is 0 Å². The van der Waals surface area contributed by atoms with E-state index < -0.39 is 0 Å². The van der Waals surface area contributed by atoms with E-state index in [0.717, 1.165) is 24.0 Å². The molecule has 0 radical (unpaired) electrons. The summed E-state index contributed by atoms with van der Waals surface area (Å²) in [6.45, 7) is 2.57. The van der Waals surface area contributed by atoms with Gasteiger partial charge in [0.15, 0.2) is 0 Å². The molecule has 2 aromatic rings. The third kappa shape index (κ3) is 4.02. The minimum Gasteiger partial charge on any atom is -0.334 e. The van der Waals surface area contributed by atoms with Gasteiger partial charge < -0.3 is 10.2 Å². The van der Waals surface area contributed by atoms with Gasteiger partial charge >= 0.3 is 6.03 Å². The normalized spacial score (nSPS) is 15.0. The van der Waals surface area contributed by atoms with Crippen molar-refractivity contribution in [3.05, 3.63) is 64.9 Å². The molecule has 0 spiro atoms. The second-order valence-corrected chi connectivity index (χ2v) is 6.32. The summed E-state index contributed by atoms with van der Waals surface area (Å²) in [5.74, 6) is 0. The van der Waals surface area contributed by atoms with Gasteiger partial charge in [0.05, 0.1) is 6.04 Å². The van der Waals surface area contributed by atoms with Crippen LogP contribution in [0.15, 0.2) is 48.8 Å². The molecule has 0 unspecified atom stereocenters. The predicted molar refractivity (Wildman–Crippen MR) is 91.2 cm³/mol. The first-order chi connectivity index (χ1) is 11.1. The number of halogens is 1. The third-order valence-corrected chi connectivity index (χ3v) is 4.39. The summed E-state index contributed by atoms with van der Waals surface area (Å²) < 4.78 is 0. The molecule has 0 saturated heterocycles. The van der Waals surface area contributed by atoms with E-state index in [2.05, 4.69) is 17.2 Å². The number of urea groups is 1. The highest BCUT2D eigenvalue weighted by molar-refractivity contribution is 6.30. The Hall–Kier alpha value is -2.07. The van der Waals surface area contributed by atoms with Crippen LogP contribution in [-0.4, -0.2) is 22.0 Å². The van der Waals surface area contributed by atoms with Crippen LogP contribution in [0.1, 0.15) is 36.9 Å². The fourth-order valence-electron chi connectivity index (χ4n) is 2.68. The second-order valence-electron chi connectivity index (χ2n) is 5.88. The summed E-state index contributed by atoms with van der Waals surface area (Å²) in [7, 11) is 0. The molecule has 1 N–H and O–H groups in total. The maximum atomic E-state index is 12.7. The van der Waals surface area contributed by atoms with E-state index in [9.17, 15) is 4.79 Å². The molecule has 0 bridgehead atoms. The fourth-order valence-corrected chi connectivity index (χ4v) is 2.81. The Morgan fingerprint density at radius 3 is 2.52 bits per heavy atom. The Kier molecular flexibility index (Phi) is 4.82. The van der Waals surface area contributed by atoms with E-state index >= 15 is 0 Å². The Balaban J connectivity index is 1.68. The zero-order valence-electron chi connectivity index (χ0n) is 13.1. The van der Waals surface area contributed by atoms with E-state index in [1.54, 1.807) is 12.4 Å². The van der Waals surface area contributed by atoms with Crippen LogP contribution in [0.5, 0.6) is 0 Å². The lowest BCUT2D eigenvalue weighted by Gasteiger charge is -2.30. The first kappa shape index (κ1) is 15.8. The summed E-state index contributed by atoms with van der Waals surface area (Å²) in [5, 5.41) is 3.72. The summed E-state index contributed by atoms with van der Waals surface area (Å²) in [4.78, 5) is 18.6.